The molecule has 0 radical (unpaired) electrons. The van der Waals surface area contributed by atoms with Crippen molar-refractivity contribution in [3.05, 3.63) is 16.1 Å². The van der Waals surface area contributed by atoms with E-state index in [9.17, 15) is 0 Å². The highest BCUT2D eigenvalue weighted by atomic mass is 32.1. The third-order valence-electron chi connectivity index (χ3n) is 4.65. The first-order valence-electron chi connectivity index (χ1n) is 10.3. The first-order chi connectivity index (χ1) is 13.2. The van der Waals surface area contributed by atoms with Gasteiger partial charge in [-0.05, 0) is 52.4 Å². The molecule has 0 aliphatic carbocycles. The highest BCUT2D eigenvalue weighted by molar-refractivity contribution is 7.09. The zero-order chi connectivity index (χ0) is 19.3. The second kappa shape index (κ2) is 13.1. The summed E-state index contributed by atoms with van der Waals surface area (Å²) in [7, 11) is 1.74. The smallest absolute Gasteiger partial charge is 0.193 e. The fourth-order valence-electron chi connectivity index (χ4n) is 3.20. The van der Waals surface area contributed by atoms with Crippen LogP contribution in [0.1, 0.15) is 49.7 Å². The number of aromatic nitrogens is 1. The van der Waals surface area contributed by atoms with E-state index in [0.29, 0.717) is 6.10 Å². The molecule has 0 atom stereocenters. The Balaban J connectivity index is 1.67. The molecule has 1 aliphatic heterocycles. The lowest BCUT2D eigenvalue weighted by atomic mass is 10.1. The number of thiazole rings is 1. The fourth-order valence-corrected chi connectivity index (χ4v) is 4.02. The van der Waals surface area contributed by atoms with Gasteiger partial charge in [0, 0.05) is 57.6 Å². The van der Waals surface area contributed by atoms with Crippen molar-refractivity contribution in [2.75, 3.05) is 46.5 Å². The van der Waals surface area contributed by atoms with Crippen LogP contribution in [0.4, 0.5) is 0 Å². The van der Waals surface area contributed by atoms with Gasteiger partial charge in [-0.1, -0.05) is 0 Å². The summed E-state index contributed by atoms with van der Waals surface area (Å²) < 4.78 is 11.0. The molecular formula is C20H36N4O2S. The highest BCUT2D eigenvalue weighted by Gasteiger charge is 2.21. The number of unbranched alkanes of at least 4 members (excludes halogenated alkanes) is 1. The maximum atomic E-state index is 5.96. The maximum absolute atomic E-state index is 5.96. The molecule has 0 aromatic carbocycles. The minimum atomic E-state index is 0.378. The topological polar surface area (TPSA) is 59.0 Å². The molecule has 2 heterocycles. The van der Waals surface area contributed by atoms with E-state index < -0.39 is 0 Å². The highest BCUT2D eigenvalue weighted by Crippen LogP contribution is 2.15. The van der Waals surface area contributed by atoms with Crippen LogP contribution in [-0.4, -0.2) is 68.4 Å². The number of guanidine groups is 1. The normalized spacial score (nSPS) is 16.1. The Morgan fingerprint density at radius 2 is 2.11 bits per heavy atom. The first kappa shape index (κ1) is 22.1. The number of hydrogen-bond acceptors (Lipinski definition) is 5. The van der Waals surface area contributed by atoms with Gasteiger partial charge in [0.1, 0.15) is 0 Å². The molecule has 0 spiro atoms. The van der Waals surface area contributed by atoms with E-state index in [1.807, 2.05) is 0 Å². The second-order valence-corrected chi connectivity index (χ2v) is 7.92. The molecule has 0 saturated carbocycles. The largest absolute Gasteiger partial charge is 0.385 e. The predicted molar refractivity (Wildman–Crippen MR) is 113 cm³/mol. The number of nitrogens with zero attached hydrogens (tertiary/aromatic N) is 3. The van der Waals surface area contributed by atoms with E-state index in [1.165, 1.54) is 5.01 Å². The quantitative estimate of drug-likeness (QED) is 0.353. The van der Waals surface area contributed by atoms with E-state index in [4.69, 9.17) is 14.5 Å². The standard InChI is InChI=1S/C20H36N4O2S/c1-4-21-20(22-11-6-5-8-19-23-17(2)16-27-19)24-12-9-18(10-13-24)26-15-7-14-25-3/h16,18H,4-15H2,1-3H3,(H,21,22). The van der Waals surface area contributed by atoms with Gasteiger partial charge in [0.05, 0.1) is 11.1 Å². The Morgan fingerprint density at radius 1 is 1.30 bits per heavy atom. The third-order valence-corrected chi connectivity index (χ3v) is 5.68. The molecule has 27 heavy (non-hydrogen) atoms. The van der Waals surface area contributed by atoms with Crippen LogP contribution in [0, 0.1) is 6.92 Å². The average Bonchev–Trinajstić information content (AvgIpc) is 3.10. The van der Waals surface area contributed by atoms with Gasteiger partial charge in [-0.15, -0.1) is 11.3 Å². The summed E-state index contributed by atoms with van der Waals surface area (Å²) in [6.07, 6.45) is 6.81. The van der Waals surface area contributed by atoms with Crippen LogP contribution in [0.2, 0.25) is 0 Å². The van der Waals surface area contributed by atoms with E-state index in [1.54, 1.807) is 18.4 Å². The summed E-state index contributed by atoms with van der Waals surface area (Å²) in [5, 5.41) is 6.82. The molecule has 154 valence electrons. The van der Waals surface area contributed by atoms with Crippen molar-refractivity contribution in [3.8, 4) is 0 Å². The number of aliphatic imine (C=N–C) groups is 1. The molecule has 1 saturated heterocycles. The Kier molecular flexibility index (Phi) is 10.7. The van der Waals surface area contributed by atoms with Gasteiger partial charge in [-0.25, -0.2) is 4.98 Å². The summed E-state index contributed by atoms with van der Waals surface area (Å²) in [6, 6.07) is 0. The Bertz CT molecular complexity index is 542. The molecule has 1 aliphatic rings. The molecule has 0 unspecified atom stereocenters. The number of aryl methyl sites for hydroxylation is 2. The van der Waals surface area contributed by atoms with Gasteiger partial charge < -0.3 is 19.7 Å². The van der Waals surface area contributed by atoms with Gasteiger partial charge in [0.2, 0.25) is 0 Å². The molecular weight excluding hydrogens is 360 g/mol. The molecule has 0 amide bonds. The number of likely N-dealkylation sites (tertiary alicyclic amines) is 1. The number of methoxy groups -OCH3 is 1. The van der Waals surface area contributed by atoms with E-state index in [0.717, 1.165) is 89.6 Å². The Morgan fingerprint density at radius 3 is 2.78 bits per heavy atom. The van der Waals surface area contributed by atoms with Crippen LogP contribution in [0.5, 0.6) is 0 Å². The number of piperidine rings is 1. The summed E-state index contributed by atoms with van der Waals surface area (Å²) >= 11 is 1.77. The van der Waals surface area contributed by atoms with Crippen LogP contribution in [-0.2, 0) is 15.9 Å². The molecule has 1 aromatic rings. The summed E-state index contributed by atoms with van der Waals surface area (Å²) in [5.74, 6) is 1.06. The summed E-state index contributed by atoms with van der Waals surface area (Å²) in [6.45, 7) is 9.57. The maximum Gasteiger partial charge on any atom is 0.193 e. The van der Waals surface area contributed by atoms with Crippen molar-refractivity contribution in [2.45, 2.75) is 58.5 Å². The van der Waals surface area contributed by atoms with Crippen LogP contribution in [0.3, 0.4) is 0 Å². The zero-order valence-electron chi connectivity index (χ0n) is 17.2. The van der Waals surface area contributed by atoms with Crippen LogP contribution in [0.25, 0.3) is 0 Å². The summed E-state index contributed by atoms with van der Waals surface area (Å²) in [4.78, 5) is 11.7. The lowest BCUT2D eigenvalue weighted by Gasteiger charge is -2.34. The lowest BCUT2D eigenvalue weighted by Crippen LogP contribution is -2.47. The third kappa shape index (κ3) is 8.58. The second-order valence-electron chi connectivity index (χ2n) is 6.98. The monoisotopic (exact) mass is 396 g/mol. The molecule has 2 rings (SSSR count). The zero-order valence-corrected chi connectivity index (χ0v) is 18.0. The molecule has 1 N–H and O–H groups in total. The van der Waals surface area contributed by atoms with Crippen molar-refractivity contribution in [1.29, 1.82) is 0 Å². The minimum Gasteiger partial charge on any atom is -0.385 e. The molecule has 1 fully saturated rings. The SMILES string of the molecule is CCNC(=NCCCCc1nc(C)cs1)N1CCC(OCCCOC)CC1. The number of ether oxygens (including phenoxy) is 2. The van der Waals surface area contributed by atoms with Crippen molar-refractivity contribution in [1.82, 2.24) is 15.2 Å². The number of rotatable bonds is 11. The lowest BCUT2D eigenvalue weighted by molar-refractivity contribution is 0.00990. The molecule has 1 aromatic heterocycles. The van der Waals surface area contributed by atoms with E-state index in [2.05, 4.69) is 34.4 Å². The first-order valence-corrected chi connectivity index (χ1v) is 11.2. The van der Waals surface area contributed by atoms with Gasteiger partial charge in [-0.3, -0.25) is 4.99 Å². The van der Waals surface area contributed by atoms with Crippen molar-refractivity contribution >= 4 is 17.3 Å². The average molecular weight is 397 g/mol. The Labute approximate surface area is 168 Å². The predicted octanol–water partition coefficient (Wildman–Crippen LogP) is 3.26. The van der Waals surface area contributed by atoms with Gasteiger partial charge in [0.25, 0.3) is 0 Å². The molecule has 0 bridgehead atoms. The molecule has 6 nitrogen and oxygen atoms in total. The van der Waals surface area contributed by atoms with Gasteiger partial charge in [0.15, 0.2) is 5.96 Å². The molecule has 7 heteroatoms. The minimum absolute atomic E-state index is 0.378. The Hall–Kier alpha value is -1.18. The van der Waals surface area contributed by atoms with Crippen molar-refractivity contribution in [3.63, 3.8) is 0 Å². The van der Waals surface area contributed by atoms with Gasteiger partial charge in [-0.2, -0.15) is 0 Å². The van der Waals surface area contributed by atoms with E-state index >= 15 is 0 Å². The van der Waals surface area contributed by atoms with Crippen LogP contribution in [0.15, 0.2) is 10.4 Å². The fraction of sp³-hybridized carbons (Fsp3) is 0.800. The van der Waals surface area contributed by atoms with E-state index in [-0.39, 0.29) is 0 Å². The summed E-state index contributed by atoms with van der Waals surface area (Å²) in [5.41, 5.74) is 1.13. The van der Waals surface area contributed by atoms with Crippen molar-refractivity contribution < 1.29 is 9.47 Å². The van der Waals surface area contributed by atoms with Crippen LogP contribution < -0.4 is 5.32 Å². The van der Waals surface area contributed by atoms with Crippen LogP contribution >= 0.6 is 11.3 Å². The van der Waals surface area contributed by atoms with Gasteiger partial charge >= 0.3 is 0 Å². The number of nitrogens with one attached hydrogen (secondary N) is 1. The van der Waals surface area contributed by atoms with Crippen molar-refractivity contribution in [2.24, 2.45) is 4.99 Å². The number of hydrogen-bond donors (Lipinski definition) is 1.